The molecule has 114 valence electrons. The molecular weight excluding hydrogens is 286 g/mol. The molecule has 0 radical (unpaired) electrons. The van der Waals surface area contributed by atoms with Crippen molar-refractivity contribution in [1.82, 2.24) is 24.5 Å². The molecule has 2 saturated heterocycles. The van der Waals surface area contributed by atoms with Crippen LogP contribution in [0.25, 0.3) is 5.65 Å². The van der Waals surface area contributed by atoms with Crippen molar-refractivity contribution in [1.29, 1.82) is 0 Å². The zero-order valence-corrected chi connectivity index (χ0v) is 11.9. The second-order valence-corrected chi connectivity index (χ2v) is 6.04. The summed E-state index contributed by atoms with van der Waals surface area (Å²) in [6.07, 6.45) is 6.80. The van der Waals surface area contributed by atoms with Crippen LogP contribution in [0.1, 0.15) is 32.1 Å². The van der Waals surface area contributed by atoms with Gasteiger partial charge in [0.1, 0.15) is 18.2 Å². The number of aromatic nitrogens is 4. The molecule has 3 fully saturated rings. The van der Waals surface area contributed by atoms with Gasteiger partial charge in [0.25, 0.3) is 5.91 Å². The minimum atomic E-state index is -0.570. The number of fused-ring (bicyclic) bond motifs is 2. The molecule has 8 heteroatoms. The van der Waals surface area contributed by atoms with E-state index in [0.717, 1.165) is 32.1 Å². The highest BCUT2D eigenvalue weighted by Crippen LogP contribution is 2.47. The summed E-state index contributed by atoms with van der Waals surface area (Å²) in [5.74, 6) is 0.0667. The molecule has 2 atom stereocenters. The van der Waals surface area contributed by atoms with Crippen molar-refractivity contribution < 1.29 is 14.3 Å². The van der Waals surface area contributed by atoms with E-state index in [1.54, 1.807) is 17.2 Å². The number of hydrogen-bond acceptors (Lipinski definition) is 6. The first kappa shape index (κ1) is 12.3. The summed E-state index contributed by atoms with van der Waals surface area (Å²) in [7, 11) is 0. The summed E-state index contributed by atoms with van der Waals surface area (Å²) in [5, 5.41) is 4.10. The van der Waals surface area contributed by atoms with Gasteiger partial charge in [-0.3, -0.25) is 9.69 Å². The van der Waals surface area contributed by atoms with Crippen LogP contribution in [0.3, 0.4) is 0 Å². The number of rotatable bonds is 2. The third-order valence-electron chi connectivity index (χ3n) is 4.83. The van der Waals surface area contributed by atoms with Crippen molar-refractivity contribution in [2.24, 2.45) is 0 Å². The molecule has 2 unspecified atom stereocenters. The van der Waals surface area contributed by atoms with Gasteiger partial charge in [-0.1, -0.05) is 0 Å². The molecule has 3 aliphatic rings. The maximum absolute atomic E-state index is 12.7. The van der Waals surface area contributed by atoms with Crippen LogP contribution in [-0.2, 0) is 9.53 Å². The lowest BCUT2D eigenvalue weighted by Crippen LogP contribution is -2.49. The van der Waals surface area contributed by atoms with Gasteiger partial charge < -0.3 is 9.47 Å². The largest absolute Gasteiger partial charge is 0.439 e. The van der Waals surface area contributed by atoms with Gasteiger partial charge in [0.2, 0.25) is 0 Å². The van der Waals surface area contributed by atoms with Crippen LogP contribution in [0.4, 0.5) is 0 Å². The Hall–Kier alpha value is -2.22. The van der Waals surface area contributed by atoms with Gasteiger partial charge >= 0.3 is 6.01 Å². The van der Waals surface area contributed by atoms with Gasteiger partial charge in [-0.15, -0.1) is 0 Å². The molecule has 1 amide bonds. The molecule has 1 aliphatic carbocycles. The average molecular weight is 301 g/mol. The Morgan fingerprint density at radius 2 is 2.23 bits per heavy atom. The van der Waals surface area contributed by atoms with E-state index in [1.165, 1.54) is 10.8 Å². The number of hydrogen-bond donors (Lipinski definition) is 0. The molecule has 2 aliphatic heterocycles. The standard InChI is InChI=1S/C14H15N5O3/c20-12-14(5-1-6-14)22-11-3-2-10(18(11)12)21-13-15-7-4-9-16-8-17-19(9)13/h4,7-8,10-11H,1-3,5-6H2. The topological polar surface area (TPSA) is 81.9 Å². The highest BCUT2D eigenvalue weighted by molar-refractivity contribution is 5.88. The molecule has 2 aromatic heterocycles. The lowest BCUT2D eigenvalue weighted by atomic mass is 9.79. The molecule has 8 nitrogen and oxygen atoms in total. The van der Waals surface area contributed by atoms with Crippen LogP contribution in [-0.4, -0.2) is 48.4 Å². The SMILES string of the molecule is O=C1N2C(Oc3nccc4ncnn34)CCC2OC12CCC2. The van der Waals surface area contributed by atoms with Crippen LogP contribution >= 0.6 is 0 Å². The molecular formula is C14H15N5O3. The molecule has 0 N–H and O–H groups in total. The first-order valence-electron chi connectivity index (χ1n) is 7.59. The van der Waals surface area contributed by atoms with Crippen molar-refractivity contribution in [2.75, 3.05) is 0 Å². The number of carbonyl (C=O) groups excluding carboxylic acids is 1. The second-order valence-electron chi connectivity index (χ2n) is 6.04. The van der Waals surface area contributed by atoms with Crippen LogP contribution in [0, 0.1) is 0 Å². The number of amides is 1. The van der Waals surface area contributed by atoms with Gasteiger partial charge in [-0.2, -0.15) is 9.61 Å². The van der Waals surface area contributed by atoms with E-state index in [1.807, 2.05) is 0 Å². The van der Waals surface area contributed by atoms with Gasteiger partial charge in [0.05, 0.1) is 0 Å². The first-order chi connectivity index (χ1) is 10.8. The van der Waals surface area contributed by atoms with Crippen LogP contribution < -0.4 is 4.74 Å². The molecule has 1 spiro atoms. The summed E-state index contributed by atoms with van der Waals surface area (Å²) in [4.78, 5) is 22.7. The predicted molar refractivity (Wildman–Crippen MR) is 72.7 cm³/mol. The molecule has 0 bridgehead atoms. The molecule has 1 saturated carbocycles. The summed E-state index contributed by atoms with van der Waals surface area (Å²) < 4.78 is 13.5. The fourth-order valence-electron chi connectivity index (χ4n) is 3.55. The lowest BCUT2D eigenvalue weighted by Gasteiger charge is -2.35. The van der Waals surface area contributed by atoms with Gasteiger partial charge in [-0.25, -0.2) is 9.97 Å². The van der Waals surface area contributed by atoms with Crippen molar-refractivity contribution in [3.8, 4) is 6.01 Å². The Balaban J connectivity index is 1.44. The first-order valence-corrected chi connectivity index (χ1v) is 7.59. The average Bonchev–Trinajstić information content (AvgIpc) is 3.14. The van der Waals surface area contributed by atoms with E-state index >= 15 is 0 Å². The summed E-state index contributed by atoms with van der Waals surface area (Å²) in [6, 6.07) is 2.10. The molecule has 5 rings (SSSR count). The lowest BCUT2D eigenvalue weighted by molar-refractivity contribution is -0.148. The fraction of sp³-hybridized carbons (Fsp3) is 0.571. The molecule has 4 heterocycles. The fourth-order valence-corrected chi connectivity index (χ4v) is 3.55. The molecule has 22 heavy (non-hydrogen) atoms. The minimum Gasteiger partial charge on any atom is -0.439 e. The summed E-state index contributed by atoms with van der Waals surface area (Å²) in [6.45, 7) is 0. The van der Waals surface area contributed by atoms with E-state index in [9.17, 15) is 4.79 Å². The van der Waals surface area contributed by atoms with Crippen molar-refractivity contribution >= 4 is 11.6 Å². The van der Waals surface area contributed by atoms with Crippen molar-refractivity contribution in [2.45, 2.75) is 50.2 Å². The quantitative estimate of drug-likeness (QED) is 0.813. The van der Waals surface area contributed by atoms with Gasteiger partial charge in [0.15, 0.2) is 11.9 Å². The van der Waals surface area contributed by atoms with Crippen LogP contribution in [0.15, 0.2) is 18.6 Å². The highest BCUT2D eigenvalue weighted by Gasteiger charge is 2.60. The highest BCUT2D eigenvalue weighted by atomic mass is 16.6. The minimum absolute atomic E-state index is 0.0667. The van der Waals surface area contributed by atoms with E-state index in [0.29, 0.717) is 11.7 Å². The third kappa shape index (κ3) is 1.50. The predicted octanol–water partition coefficient (Wildman–Crippen LogP) is 0.731. The Morgan fingerprint density at radius 1 is 1.32 bits per heavy atom. The number of carbonyl (C=O) groups is 1. The smallest absolute Gasteiger partial charge is 0.321 e. The summed E-state index contributed by atoms with van der Waals surface area (Å²) >= 11 is 0. The monoisotopic (exact) mass is 301 g/mol. The van der Waals surface area contributed by atoms with E-state index in [2.05, 4.69) is 15.1 Å². The van der Waals surface area contributed by atoms with Gasteiger partial charge in [-0.05, 0) is 25.7 Å². The van der Waals surface area contributed by atoms with Crippen LogP contribution in [0.2, 0.25) is 0 Å². The molecule has 0 aromatic carbocycles. The van der Waals surface area contributed by atoms with E-state index < -0.39 is 5.60 Å². The number of nitrogens with zero attached hydrogens (tertiary/aromatic N) is 5. The van der Waals surface area contributed by atoms with Gasteiger partial charge in [0, 0.05) is 18.7 Å². The molecule has 2 aromatic rings. The second kappa shape index (κ2) is 4.16. The maximum atomic E-state index is 12.7. The Kier molecular flexibility index (Phi) is 2.33. The Bertz CT molecular complexity index is 756. The third-order valence-corrected chi connectivity index (χ3v) is 4.83. The zero-order chi connectivity index (χ0) is 14.7. The van der Waals surface area contributed by atoms with E-state index in [4.69, 9.17) is 9.47 Å². The van der Waals surface area contributed by atoms with Crippen LogP contribution in [0.5, 0.6) is 6.01 Å². The summed E-state index contributed by atoms with van der Waals surface area (Å²) in [5.41, 5.74) is 0.0957. The van der Waals surface area contributed by atoms with Crippen molar-refractivity contribution in [3.63, 3.8) is 0 Å². The maximum Gasteiger partial charge on any atom is 0.321 e. The Labute approximate surface area is 126 Å². The van der Waals surface area contributed by atoms with Crippen molar-refractivity contribution in [3.05, 3.63) is 18.6 Å². The number of ether oxygens (including phenoxy) is 2. The Morgan fingerprint density at radius 3 is 3.05 bits per heavy atom. The normalized spacial score (nSPS) is 29.1. The zero-order valence-electron chi connectivity index (χ0n) is 11.9. The van der Waals surface area contributed by atoms with E-state index in [-0.39, 0.29) is 18.4 Å².